The summed E-state index contributed by atoms with van der Waals surface area (Å²) in [5.74, 6) is -0.337. The molecule has 11 heteroatoms. The second kappa shape index (κ2) is 12.1. The highest BCUT2D eigenvalue weighted by Crippen LogP contribution is 2.34. The van der Waals surface area contributed by atoms with Crippen LogP contribution in [-0.2, 0) is 29.7 Å². The van der Waals surface area contributed by atoms with Gasteiger partial charge in [0.1, 0.15) is 6.04 Å². The van der Waals surface area contributed by atoms with Crippen molar-refractivity contribution in [1.29, 1.82) is 0 Å². The maximum absolute atomic E-state index is 13.3. The van der Waals surface area contributed by atoms with Crippen LogP contribution in [0.25, 0.3) is 11.1 Å². The van der Waals surface area contributed by atoms with Gasteiger partial charge in [-0.25, -0.2) is 13.3 Å². The molecule has 3 rings (SSSR count). The Kier molecular flexibility index (Phi) is 9.21. The lowest BCUT2D eigenvalue weighted by atomic mass is 9.98. The Bertz CT molecular complexity index is 1270. The minimum Gasteiger partial charge on any atom is -0.467 e. The van der Waals surface area contributed by atoms with Crippen molar-refractivity contribution in [2.75, 3.05) is 23.4 Å². The number of methoxy groups -OCH3 is 1. The molecule has 0 aliphatic heterocycles. The molecule has 0 saturated carbocycles. The lowest BCUT2D eigenvalue weighted by Crippen LogP contribution is -2.42. The molecule has 0 bridgehead atoms. The van der Waals surface area contributed by atoms with Gasteiger partial charge < -0.3 is 10.1 Å². The number of nitrogens with one attached hydrogen (secondary N) is 1. The summed E-state index contributed by atoms with van der Waals surface area (Å²) in [5.41, 5.74) is 2.13. The Morgan fingerprint density at radius 2 is 1.91 bits per heavy atom. The van der Waals surface area contributed by atoms with Crippen LogP contribution < -0.4 is 9.62 Å². The fraction of sp³-hybridized carbons (Fsp3) is 0.208. The molecule has 0 fully saturated rings. The molecule has 1 amide bonds. The van der Waals surface area contributed by atoms with Crippen molar-refractivity contribution in [3.63, 3.8) is 0 Å². The minimum absolute atomic E-state index is 0.290. The quantitative estimate of drug-likeness (QED) is 0.377. The third-order valence-corrected chi connectivity index (χ3v) is 7.05. The molecular weight excluding hydrogens is 506 g/mol. The van der Waals surface area contributed by atoms with Gasteiger partial charge in [-0.2, -0.15) is 11.8 Å². The predicted molar refractivity (Wildman–Crippen MR) is 143 cm³/mol. The number of nitrogens with zero attached hydrogens (tertiary/aromatic N) is 2. The summed E-state index contributed by atoms with van der Waals surface area (Å²) in [7, 11) is -2.61. The number of carbonyl (C=O) groups is 2. The Morgan fingerprint density at radius 1 is 1.17 bits per heavy atom. The summed E-state index contributed by atoms with van der Waals surface area (Å²) >= 11 is 6.46. The van der Waals surface area contributed by atoms with Gasteiger partial charge in [0.05, 0.1) is 24.7 Å². The first kappa shape index (κ1) is 26.6. The second-order valence-corrected chi connectivity index (χ2v) is 10.9. The number of rotatable bonds is 10. The molecule has 2 atom stereocenters. The van der Waals surface area contributed by atoms with Crippen molar-refractivity contribution < 1.29 is 23.1 Å². The highest BCUT2D eigenvalue weighted by atomic mass is 32.8. The van der Waals surface area contributed by atoms with Crippen molar-refractivity contribution in [3.8, 4) is 11.1 Å². The Balaban J connectivity index is 2.09. The number of hydrogen-bond acceptors (Lipinski definition) is 7. The van der Waals surface area contributed by atoms with E-state index in [9.17, 15) is 18.4 Å². The molecule has 1 aromatic heterocycles. The number of anilines is 2. The third kappa shape index (κ3) is 6.79. The van der Waals surface area contributed by atoms with E-state index < -0.39 is 26.9 Å². The van der Waals surface area contributed by atoms with E-state index in [1.54, 1.807) is 42.2 Å². The number of ether oxygens (including phenoxy) is 1. The Morgan fingerprint density at radius 3 is 2.51 bits per heavy atom. The standard InChI is InChI=1S/C24H25N3O5S3/c1-32-24(29)22(12-14-34-2)26-23(28)20-11-10-18(15-21(20)17-7-4-3-5-8-17)27(35(30,31)33)19-9-6-13-25-16-19/h3-11,13,15-16,22H,12,14H2,1-2H3,(H,26,28)(H,30,31,33). The Labute approximate surface area is 213 Å². The van der Waals surface area contributed by atoms with Crippen LogP contribution in [0.2, 0.25) is 0 Å². The molecule has 0 aliphatic carbocycles. The molecule has 8 nitrogen and oxygen atoms in total. The van der Waals surface area contributed by atoms with Gasteiger partial charge in [-0.3, -0.25) is 14.3 Å². The molecule has 0 spiro atoms. The fourth-order valence-electron chi connectivity index (χ4n) is 3.47. The Hall–Kier alpha value is -2.99. The minimum atomic E-state index is -3.88. The SMILES string of the molecule is COC(=O)C(CCSC)NC(=O)c1ccc(N(c2cccnc2)S(=O)(O)=S)cc1-c1ccccc1. The lowest BCUT2D eigenvalue weighted by molar-refractivity contribution is -0.142. The van der Waals surface area contributed by atoms with Crippen LogP contribution in [0.5, 0.6) is 0 Å². The zero-order chi connectivity index (χ0) is 25.4. The van der Waals surface area contributed by atoms with Crippen LogP contribution in [0.1, 0.15) is 16.8 Å². The van der Waals surface area contributed by atoms with Crippen LogP contribution in [-0.4, -0.2) is 50.8 Å². The first-order chi connectivity index (χ1) is 16.8. The van der Waals surface area contributed by atoms with Crippen LogP contribution >= 0.6 is 11.8 Å². The molecule has 2 aromatic carbocycles. The van der Waals surface area contributed by atoms with E-state index in [0.29, 0.717) is 34.7 Å². The van der Waals surface area contributed by atoms with Crippen molar-refractivity contribution in [3.05, 3.63) is 78.6 Å². The van der Waals surface area contributed by atoms with E-state index in [0.717, 1.165) is 4.31 Å². The summed E-state index contributed by atoms with van der Waals surface area (Å²) in [6, 6.07) is 16.3. The van der Waals surface area contributed by atoms with E-state index in [1.807, 2.05) is 36.6 Å². The molecule has 1 heterocycles. The zero-order valence-corrected chi connectivity index (χ0v) is 21.6. The fourth-order valence-corrected chi connectivity index (χ4v) is 5.21. The number of thioether (sulfide) groups is 1. The van der Waals surface area contributed by atoms with Gasteiger partial charge in [-0.05, 0) is 59.9 Å². The largest absolute Gasteiger partial charge is 0.467 e. The van der Waals surface area contributed by atoms with Crippen molar-refractivity contribution in [2.24, 2.45) is 0 Å². The van der Waals surface area contributed by atoms with Crippen LogP contribution in [0.15, 0.2) is 73.1 Å². The number of benzene rings is 2. The predicted octanol–water partition coefficient (Wildman–Crippen LogP) is 4.05. The number of pyridine rings is 1. The summed E-state index contributed by atoms with van der Waals surface area (Å²) in [6.07, 6.45) is 5.30. The number of esters is 1. The topological polar surface area (TPSA) is 109 Å². The average molecular weight is 532 g/mol. The van der Waals surface area contributed by atoms with Crippen LogP contribution in [0.3, 0.4) is 0 Å². The van der Waals surface area contributed by atoms with Gasteiger partial charge >= 0.3 is 5.97 Å². The summed E-state index contributed by atoms with van der Waals surface area (Å²) in [4.78, 5) is 29.5. The van der Waals surface area contributed by atoms with Gasteiger partial charge in [0, 0.05) is 22.9 Å². The maximum atomic E-state index is 13.3. The van der Waals surface area contributed by atoms with Gasteiger partial charge in [0.15, 0.2) is 0 Å². The first-order valence-corrected chi connectivity index (χ1v) is 14.3. The van der Waals surface area contributed by atoms with Crippen LogP contribution in [0.4, 0.5) is 11.4 Å². The number of hydrogen-bond donors (Lipinski definition) is 2. The van der Waals surface area contributed by atoms with E-state index in [2.05, 4.69) is 10.3 Å². The van der Waals surface area contributed by atoms with Gasteiger partial charge in [0.25, 0.3) is 5.91 Å². The average Bonchev–Trinajstić information content (AvgIpc) is 2.86. The number of amides is 1. The molecule has 2 N–H and O–H groups in total. The molecule has 0 radical (unpaired) electrons. The highest BCUT2D eigenvalue weighted by molar-refractivity contribution is 8.30. The normalized spacial score (nSPS) is 13.3. The van der Waals surface area contributed by atoms with Crippen molar-refractivity contribution in [2.45, 2.75) is 12.5 Å². The highest BCUT2D eigenvalue weighted by Gasteiger charge is 2.25. The molecular formula is C24H25N3O5S3. The molecule has 3 aromatic rings. The molecule has 2 unspecified atom stereocenters. The summed E-state index contributed by atoms with van der Waals surface area (Å²) in [5, 5.41) is 2.76. The zero-order valence-electron chi connectivity index (χ0n) is 19.1. The molecule has 0 aliphatic rings. The molecule has 35 heavy (non-hydrogen) atoms. The van der Waals surface area contributed by atoms with Gasteiger partial charge in [-0.15, -0.1) is 0 Å². The smallest absolute Gasteiger partial charge is 0.328 e. The van der Waals surface area contributed by atoms with Crippen molar-refractivity contribution in [1.82, 2.24) is 10.3 Å². The summed E-state index contributed by atoms with van der Waals surface area (Å²) < 4.78 is 28.9. The van der Waals surface area contributed by atoms with Crippen LogP contribution in [0, 0.1) is 0 Å². The van der Waals surface area contributed by atoms with Gasteiger partial charge in [0.2, 0.25) is 8.96 Å². The maximum Gasteiger partial charge on any atom is 0.328 e. The number of carbonyl (C=O) groups excluding carboxylic acids is 2. The summed E-state index contributed by atoms with van der Waals surface area (Å²) in [6.45, 7) is 0. The van der Waals surface area contributed by atoms with E-state index >= 15 is 0 Å². The van der Waals surface area contributed by atoms with Crippen molar-refractivity contribution >= 4 is 55.2 Å². The number of aromatic nitrogens is 1. The first-order valence-electron chi connectivity index (χ1n) is 10.5. The van der Waals surface area contributed by atoms with E-state index in [-0.39, 0.29) is 5.56 Å². The van der Waals surface area contributed by atoms with E-state index in [4.69, 9.17) is 15.9 Å². The monoisotopic (exact) mass is 531 g/mol. The third-order valence-electron chi connectivity index (χ3n) is 5.08. The molecule has 184 valence electrons. The second-order valence-electron chi connectivity index (χ2n) is 7.38. The van der Waals surface area contributed by atoms with Gasteiger partial charge in [-0.1, -0.05) is 30.3 Å². The lowest BCUT2D eigenvalue weighted by Gasteiger charge is -2.24. The van der Waals surface area contributed by atoms with E-state index in [1.165, 1.54) is 19.4 Å². The molecule has 0 saturated heterocycles.